The van der Waals surface area contributed by atoms with Crippen LogP contribution in [0.4, 0.5) is 5.69 Å². The maximum atomic E-state index is 13.5. The van der Waals surface area contributed by atoms with Crippen LogP contribution in [0, 0.1) is 0 Å². The van der Waals surface area contributed by atoms with Gasteiger partial charge in [0.05, 0.1) is 6.61 Å². The van der Waals surface area contributed by atoms with Gasteiger partial charge in [0.2, 0.25) is 6.29 Å². The average molecular weight is 568 g/mol. The fourth-order valence-electron chi connectivity index (χ4n) is 4.48. The second-order valence-corrected chi connectivity index (χ2v) is 9.53. The van der Waals surface area contributed by atoms with Crippen molar-refractivity contribution in [2.45, 2.75) is 50.0 Å². The lowest BCUT2D eigenvalue weighted by Gasteiger charge is -2.39. The first kappa shape index (κ1) is 29.6. The van der Waals surface area contributed by atoms with E-state index >= 15 is 0 Å². The molecule has 1 saturated heterocycles. The zero-order valence-corrected chi connectivity index (χ0v) is 21.6. The van der Waals surface area contributed by atoms with Crippen LogP contribution in [0.2, 0.25) is 0 Å². The van der Waals surface area contributed by atoms with Crippen molar-refractivity contribution < 1.29 is 50.0 Å². The molecule has 41 heavy (non-hydrogen) atoms. The number of ether oxygens (including phenoxy) is 2. The van der Waals surface area contributed by atoms with Gasteiger partial charge in [0, 0.05) is 35.1 Å². The average Bonchev–Trinajstić information content (AvgIpc) is 2.96. The van der Waals surface area contributed by atoms with Gasteiger partial charge in [-0.3, -0.25) is 4.79 Å². The van der Waals surface area contributed by atoms with Crippen LogP contribution in [0.1, 0.15) is 33.5 Å². The molecule has 216 valence electrons. The van der Waals surface area contributed by atoms with E-state index in [4.69, 9.17) is 15.0 Å². The molecule has 0 spiro atoms. The molecule has 0 aliphatic carbocycles. The van der Waals surface area contributed by atoms with Crippen LogP contribution >= 0.6 is 0 Å². The van der Waals surface area contributed by atoms with E-state index < -0.39 is 54.6 Å². The van der Waals surface area contributed by atoms with Crippen molar-refractivity contribution in [3.8, 4) is 23.0 Å². The summed E-state index contributed by atoms with van der Waals surface area (Å²) in [6, 6.07) is 13.6. The minimum atomic E-state index is -1.80. The van der Waals surface area contributed by atoms with Crippen molar-refractivity contribution in [1.29, 1.82) is 0 Å². The van der Waals surface area contributed by atoms with Gasteiger partial charge in [0.1, 0.15) is 53.0 Å². The summed E-state index contributed by atoms with van der Waals surface area (Å²) in [5.74, 6) is -1.92. The van der Waals surface area contributed by atoms with Crippen molar-refractivity contribution in [1.82, 2.24) is 0 Å². The Morgan fingerprint density at radius 1 is 0.951 bits per heavy atom. The maximum Gasteiger partial charge on any atom is 0.229 e. The van der Waals surface area contributed by atoms with E-state index in [9.17, 15) is 40.5 Å². The number of ketones is 1. The van der Waals surface area contributed by atoms with Crippen molar-refractivity contribution in [2.24, 2.45) is 5.11 Å². The van der Waals surface area contributed by atoms with Crippen LogP contribution < -0.4 is 4.74 Å². The number of aryl methyl sites for hydroxylation is 1. The molecule has 0 saturated carbocycles. The standard InChI is InChI=1S/C28H29N3O10/c29-31-30-16-6-1-15(2-7-16)11-18-20(35)12-21(40-28-27(39)26(38)25(37)22(13-32)41-28)23(24(18)36)19(34)10-5-14-3-8-17(33)9-4-14/h1-4,6-9,12,22,25-28,32-33,35-39H,5,10-11,13H2. The van der Waals surface area contributed by atoms with Gasteiger partial charge >= 0.3 is 0 Å². The van der Waals surface area contributed by atoms with E-state index in [1.165, 1.54) is 12.1 Å². The third-order valence-electron chi connectivity index (χ3n) is 6.77. The molecule has 0 bridgehead atoms. The minimum Gasteiger partial charge on any atom is -0.508 e. The van der Waals surface area contributed by atoms with Crippen LogP contribution in [0.25, 0.3) is 10.4 Å². The first-order chi connectivity index (χ1) is 19.6. The fraction of sp³-hybridized carbons (Fsp3) is 0.321. The van der Waals surface area contributed by atoms with Gasteiger partial charge in [-0.05, 0) is 35.2 Å². The molecule has 3 aromatic carbocycles. The molecule has 0 radical (unpaired) electrons. The number of aliphatic hydroxyl groups excluding tert-OH is 4. The van der Waals surface area contributed by atoms with Gasteiger partial charge in [-0.2, -0.15) is 0 Å². The molecule has 13 nitrogen and oxygen atoms in total. The van der Waals surface area contributed by atoms with Crippen molar-refractivity contribution in [2.75, 3.05) is 6.61 Å². The van der Waals surface area contributed by atoms with Crippen LogP contribution in [-0.2, 0) is 17.6 Å². The number of aliphatic hydroxyl groups is 4. The third-order valence-corrected chi connectivity index (χ3v) is 6.77. The zero-order valence-electron chi connectivity index (χ0n) is 21.6. The Kier molecular flexibility index (Phi) is 9.30. The van der Waals surface area contributed by atoms with Gasteiger partial charge in [-0.25, -0.2) is 0 Å². The first-order valence-corrected chi connectivity index (χ1v) is 12.6. The lowest BCUT2D eigenvalue weighted by atomic mass is 9.95. The third kappa shape index (κ3) is 6.69. The molecule has 4 rings (SSSR count). The Hall–Kier alpha value is -4.36. The first-order valence-electron chi connectivity index (χ1n) is 12.6. The molecular formula is C28H29N3O10. The van der Waals surface area contributed by atoms with E-state index in [0.29, 0.717) is 11.3 Å². The molecular weight excluding hydrogens is 538 g/mol. The summed E-state index contributed by atoms with van der Waals surface area (Å²) >= 11 is 0. The highest BCUT2D eigenvalue weighted by Gasteiger charge is 2.45. The van der Waals surface area contributed by atoms with Crippen LogP contribution in [0.3, 0.4) is 0 Å². The second kappa shape index (κ2) is 12.9. The van der Waals surface area contributed by atoms with Crippen LogP contribution in [0.5, 0.6) is 23.0 Å². The predicted molar refractivity (Wildman–Crippen MR) is 143 cm³/mol. The van der Waals surface area contributed by atoms with Crippen LogP contribution in [-0.4, -0.2) is 78.8 Å². The van der Waals surface area contributed by atoms with E-state index in [2.05, 4.69) is 10.0 Å². The fourth-order valence-corrected chi connectivity index (χ4v) is 4.48. The normalized spacial score (nSPS) is 22.1. The number of azide groups is 1. The number of Topliss-reactive ketones (excluding diaryl/α,β-unsaturated/α-hetero) is 1. The summed E-state index contributed by atoms with van der Waals surface area (Å²) in [7, 11) is 0. The maximum absolute atomic E-state index is 13.5. The quantitative estimate of drug-likeness (QED) is 0.0818. The Morgan fingerprint density at radius 3 is 2.24 bits per heavy atom. The van der Waals surface area contributed by atoms with Gasteiger partial charge in [-0.1, -0.05) is 41.5 Å². The van der Waals surface area contributed by atoms with Crippen molar-refractivity contribution in [3.63, 3.8) is 0 Å². The molecule has 1 aliphatic rings. The second-order valence-electron chi connectivity index (χ2n) is 9.53. The SMILES string of the molecule is [N-]=[N+]=Nc1ccc(Cc2c(O)cc(OC3OC(CO)C(O)C(O)C3O)c(C(=O)CCc3ccc(O)cc3)c2O)cc1. The number of nitrogens with zero attached hydrogens (tertiary/aromatic N) is 3. The molecule has 7 N–H and O–H groups in total. The summed E-state index contributed by atoms with van der Waals surface area (Å²) in [4.78, 5) is 16.2. The monoisotopic (exact) mass is 567 g/mol. The molecule has 3 aromatic rings. The Balaban J connectivity index is 1.69. The molecule has 0 amide bonds. The molecule has 13 heteroatoms. The number of rotatable bonds is 10. The van der Waals surface area contributed by atoms with Gasteiger partial charge in [-0.15, -0.1) is 0 Å². The van der Waals surface area contributed by atoms with E-state index in [-0.39, 0.29) is 41.9 Å². The highest BCUT2D eigenvalue weighted by Crippen LogP contribution is 2.41. The summed E-state index contributed by atoms with van der Waals surface area (Å²) in [6.45, 7) is -0.711. The largest absolute Gasteiger partial charge is 0.508 e. The summed E-state index contributed by atoms with van der Waals surface area (Å²) < 4.78 is 11.1. The molecule has 1 aliphatic heterocycles. The number of carbonyl (C=O) groups is 1. The minimum absolute atomic E-state index is 0.00401. The van der Waals surface area contributed by atoms with Gasteiger partial charge in [0.25, 0.3) is 0 Å². The number of carbonyl (C=O) groups excluding carboxylic acids is 1. The summed E-state index contributed by atoms with van der Waals surface area (Å²) in [6.07, 6.45) is -8.07. The number of hydrogen-bond donors (Lipinski definition) is 7. The van der Waals surface area contributed by atoms with Gasteiger partial charge < -0.3 is 45.2 Å². The predicted octanol–water partition coefficient (Wildman–Crippen LogP) is 2.33. The highest BCUT2D eigenvalue weighted by atomic mass is 16.7. The summed E-state index contributed by atoms with van der Waals surface area (Å²) in [5, 5.41) is 75.2. The van der Waals surface area contributed by atoms with Gasteiger partial charge in [0.15, 0.2) is 5.78 Å². The molecule has 5 atom stereocenters. The van der Waals surface area contributed by atoms with E-state index in [1.54, 1.807) is 36.4 Å². The number of hydrogen-bond acceptors (Lipinski definition) is 11. The number of phenols is 3. The van der Waals surface area contributed by atoms with Crippen molar-refractivity contribution in [3.05, 3.63) is 87.3 Å². The molecule has 1 fully saturated rings. The smallest absolute Gasteiger partial charge is 0.229 e. The zero-order chi connectivity index (χ0) is 29.7. The molecule has 0 aromatic heterocycles. The van der Waals surface area contributed by atoms with Crippen LogP contribution in [0.15, 0.2) is 59.7 Å². The molecule has 5 unspecified atom stereocenters. The van der Waals surface area contributed by atoms with Crippen molar-refractivity contribution >= 4 is 11.5 Å². The topological polar surface area (TPSA) is 226 Å². The van der Waals surface area contributed by atoms with E-state index in [1.807, 2.05) is 0 Å². The summed E-state index contributed by atoms with van der Waals surface area (Å²) in [5.41, 5.74) is 9.97. The highest BCUT2D eigenvalue weighted by molar-refractivity contribution is 6.02. The Morgan fingerprint density at radius 2 is 1.61 bits per heavy atom. The lowest BCUT2D eigenvalue weighted by Crippen LogP contribution is -2.60. The Labute approximate surface area is 233 Å². The number of benzene rings is 3. The number of phenolic OH excluding ortho intramolecular Hbond substituents is 3. The lowest BCUT2D eigenvalue weighted by molar-refractivity contribution is -0.277. The van der Waals surface area contributed by atoms with E-state index in [0.717, 1.165) is 11.6 Å². The Bertz CT molecular complexity index is 1420. The molecule has 1 heterocycles. The number of aromatic hydroxyl groups is 3.